The molecule has 4 heterocycles. The van der Waals surface area contributed by atoms with Crippen LogP contribution in [-0.2, 0) is 4.79 Å². The minimum absolute atomic E-state index is 0.00949. The van der Waals surface area contributed by atoms with Crippen LogP contribution in [0.2, 0.25) is 0 Å². The molecule has 3 N–H and O–H groups in total. The fraction of sp³-hybridized carbons (Fsp3) is 0.280. The van der Waals surface area contributed by atoms with E-state index in [2.05, 4.69) is 44.3 Å². The molecule has 0 spiro atoms. The number of hydrogen-bond donors (Lipinski definition) is 3. The zero-order valence-corrected chi connectivity index (χ0v) is 21.1. The molecule has 0 aliphatic carbocycles. The summed E-state index contributed by atoms with van der Waals surface area (Å²) in [5.74, 6) is -3.85. The number of carboxylic acids is 1. The Bertz CT molecular complexity index is 1580. The van der Waals surface area contributed by atoms with Crippen LogP contribution in [0, 0.1) is 5.82 Å². The third kappa shape index (κ3) is 6.14. The summed E-state index contributed by atoms with van der Waals surface area (Å²) in [6.45, 7) is 5.89. The van der Waals surface area contributed by atoms with E-state index in [0.29, 0.717) is 35.0 Å². The SMILES string of the molecule is C[C@@H]1CN(c2ccc(C(=O)Nc3cc(F)c4nc(C=O)cn4c3)c3nccnc23)C[C@H](C)N1.O=C(O)C(F)(F)F. The van der Waals surface area contributed by atoms with Crippen LogP contribution in [0.25, 0.3) is 16.7 Å². The normalized spacial score (nSPS) is 17.3. The summed E-state index contributed by atoms with van der Waals surface area (Å²) in [5.41, 5.74) is 2.70. The van der Waals surface area contributed by atoms with Crippen LogP contribution in [0.3, 0.4) is 0 Å². The number of pyridine rings is 1. The molecule has 1 saturated heterocycles. The lowest BCUT2D eigenvalue weighted by atomic mass is 10.1. The van der Waals surface area contributed by atoms with Gasteiger partial charge in [0, 0.05) is 56.0 Å². The molecule has 3 aromatic heterocycles. The van der Waals surface area contributed by atoms with E-state index >= 15 is 0 Å². The first-order chi connectivity index (χ1) is 18.9. The highest BCUT2D eigenvalue weighted by molar-refractivity contribution is 6.13. The Balaban J connectivity index is 0.000000470. The van der Waals surface area contributed by atoms with Crippen molar-refractivity contribution in [3.63, 3.8) is 0 Å². The lowest BCUT2D eigenvalue weighted by Crippen LogP contribution is -2.54. The maximum Gasteiger partial charge on any atom is 0.490 e. The lowest BCUT2D eigenvalue weighted by molar-refractivity contribution is -0.192. The number of benzene rings is 1. The third-order valence-corrected chi connectivity index (χ3v) is 5.89. The first-order valence-electron chi connectivity index (χ1n) is 11.9. The molecule has 0 saturated carbocycles. The van der Waals surface area contributed by atoms with Crippen molar-refractivity contribution in [3.05, 3.63) is 60.1 Å². The average Bonchev–Trinajstić information content (AvgIpc) is 3.31. The molecule has 40 heavy (non-hydrogen) atoms. The molecule has 1 fully saturated rings. The topological polar surface area (TPSA) is 142 Å². The van der Waals surface area contributed by atoms with E-state index in [4.69, 9.17) is 9.90 Å². The van der Waals surface area contributed by atoms with E-state index in [0.717, 1.165) is 18.8 Å². The molecule has 1 aromatic carbocycles. The Morgan fingerprint density at radius 2 is 1.73 bits per heavy atom. The van der Waals surface area contributed by atoms with Crippen LogP contribution in [0.4, 0.5) is 28.9 Å². The van der Waals surface area contributed by atoms with E-state index in [1.165, 1.54) is 22.9 Å². The largest absolute Gasteiger partial charge is 0.490 e. The Hall–Kier alpha value is -4.66. The number of imidazole rings is 1. The van der Waals surface area contributed by atoms with Crippen LogP contribution in [-0.4, -0.2) is 74.0 Å². The van der Waals surface area contributed by atoms with Gasteiger partial charge in [0.05, 0.1) is 16.9 Å². The molecular formula is C25H23F4N7O4. The van der Waals surface area contributed by atoms with Gasteiger partial charge < -0.3 is 25.0 Å². The smallest absolute Gasteiger partial charge is 0.475 e. The zero-order chi connectivity index (χ0) is 29.2. The van der Waals surface area contributed by atoms with Gasteiger partial charge >= 0.3 is 12.1 Å². The molecule has 5 rings (SSSR count). The number of halogens is 4. The summed E-state index contributed by atoms with van der Waals surface area (Å²) in [5, 5.41) is 13.3. The van der Waals surface area contributed by atoms with E-state index < -0.39 is 23.9 Å². The van der Waals surface area contributed by atoms with Gasteiger partial charge in [-0.3, -0.25) is 19.6 Å². The van der Waals surface area contributed by atoms with Gasteiger partial charge in [-0.1, -0.05) is 0 Å². The molecule has 0 unspecified atom stereocenters. The number of carboxylic acid groups (broad SMARTS) is 1. The Kier molecular flexibility index (Phi) is 7.95. The number of fused-ring (bicyclic) bond motifs is 2. The number of piperazine rings is 1. The molecular weight excluding hydrogens is 538 g/mol. The second-order valence-electron chi connectivity index (χ2n) is 9.11. The number of rotatable bonds is 4. The standard InChI is InChI=1S/C23H22FN7O2.C2HF3O2/c1-13-8-30(9-14(2)27-13)19-4-3-17(20-21(19)26-6-5-25-20)23(33)29-15-7-18(24)22-28-16(12-32)11-31(22)10-15;3-2(4,5)1(6)7/h3-7,10-14,27H,8-9H2,1-2H3,(H,29,33);(H,6,7)/t13-,14+;. The maximum atomic E-state index is 14.4. The number of nitrogens with one attached hydrogen (secondary N) is 2. The summed E-state index contributed by atoms with van der Waals surface area (Å²) in [6, 6.07) is 5.40. The van der Waals surface area contributed by atoms with Gasteiger partial charge in [0.25, 0.3) is 5.91 Å². The molecule has 11 nitrogen and oxygen atoms in total. The number of alkyl halides is 3. The van der Waals surface area contributed by atoms with Crippen molar-refractivity contribution in [3.8, 4) is 0 Å². The van der Waals surface area contributed by atoms with Gasteiger partial charge in [0.1, 0.15) is 16.7 Å². The van der Waals surface area contributed by atoms with Crippen molar-refractivity contribution in [2.24, 2.45) is 0 Å². The fourth-order valence-electron chi connectivity index (χ4n) is 4.40. The van der Waals surface area contributed by atoms with Crippen molar-refractivity contribution < 1.29 is 37.1 Å². The van der Waals surface area contributed by atoms with Gasteiger partial charge in [-0.15, -0.1) is 0 Å². The number of nitrogens with zero attached hydrogens (tertiary/aromatic N) is 5. The number of aliphatic carboxylic acids is 1. The number of carbonyl (C=O) groups is 3. The van der Waals surface area contributed by atoms with Gasteiger partial charge in [-0.05, 0) is 26.0 Å². The lowest BCUT2D eigenvalue weighted by Gasteiger charge is -2.38. The number of aromatic nitrogens is 4. The Morgan fingerprint density at radius 3 is 2.33 bits per heavy atom. The zero-order valence-electron chi connectivity index (χ0n) is 21.1. The molecule has 1 aliphatic rings. The number of aldehydes is 1. The van der Waals surface area contributed by atoms with Crippen LogP contribution < -0.4 is 15.5 Å². The van der Waals surface area contributed by atoms with Crippen molar-refractivity contribution in [2.75, 3.05) is 23.3 Å². The summed E-state index contributed by atoms with van der Waals surface area (Å²) in [7, 11) is 0. The first kappa shape index (κ1) is 28.4. The van der Waals surface area contributed by atoms with Crippen molar-refractivity contribution in [1.82, 2.24) is 24.7 Å². The van der Waals surface area contributed by atoms with Gasteiger partial charge in [0.2, 0.25) is 0 Å². The summed E-state index contributed by atoms with van der Waals surface area (Å²) in [6.07, 6.45) is 1.50. The highest BCUT2D eigenvalue weighted by Crippen LogP contribution is 2.29. The number of amides is 1. The summed E-state index contributed by atoms with van der Waals surface area (Å²) in [4.78, 5) is 48.0. The minimum atomic E-state index is -5.08. The van der Waals surface area contributed by atoms with Gasteiger partial charge in [0.15, 0.2) is 17.8 Å². The number of carbonyl (C=O) groups excluding carboxylic acids is 2. The van der Waals surface area contributed by atoms with Crippen molar-refractivity contribution >= 4 is 46.2 Å². The van der Waals surface area contributed by atoms with E-state index in [1.54, 1.807) is 18.5 Å². The van der Waals surface area contributed by atoms with E-state index in [-0.39, 0.29) is 17.0 Å². The molecule has 0 radical (unpaired) electrons. The number of hydrogen-bond acceptors (Lipinski definition) is 8. The first-order valence-corrected chi connectivity index (χ1v) is 11.9. The average molecular weight is 561 g/mol. The molecule has 1 amide bonds. The molecule has 2 atom stereocenters. The minimum Gasteiger partial charge on any atom is -0.475 e. The molecule has 4 aromatic rings. The van der Waals surface area contributed by atoms with Crippen LogP contribution >= 0.6 is 0 Å². The molecule has 0 bridgehead atoms. The van der Waals surface area contributed by atoms with Gasteiger partial charge in [-0.2, -0.15) is 13.2 Å². The second kappa shape index (κ2) is 11.2. The van der Waals surface area contributed by atoms with Gasteiger partial charge in [-0.25, -0.2) is 14.2 Å². The quantitative estimate of drug-likeness (QED) is 0.253. The van der Waals surface area contributed by atoms with Crippen LogP contribution in [0.1, 0.15) is 34.7 Å². The van der Waals surface area contributed by atoms with Crippen molar-refractivity contribution in [1.29, 1.82) is 0 Å². The molecule has 210 valence electrons. The highest BCUT2D eigenvalue weighted by atomic mass is 19.4. The van der Waals surface area contributed by atoms with E-state index in [1.807, 2.05) is 6.07 Å². The summed E-state index contributed by atoms with van der Waals surface area (Å²) >= 11 is 0. The Morgan fingerprint density at radius 1 is 1.10 bits per heavy atom. The summed E-state index contributed by atoms with van der Waals surface area (Å²) < 4.78 is 47.5. The third-order valence-electron chi connectivity index (χ3n) is 5.89. The second-order valence-corrected chi connectivity index (χ2v) is 9.11. The van der Waals surface area contributed by atoms with Crippen LogP contribution in [0.15, 0.2) is 43.0 Å². The predicted molar refractivity (Wildman–Crippen MR) is 136 cm³/mol. The maximum absolute atomic E-state index is 14.4. The fourth-order valence-corrected chi connectivity index (χ4v) is 4.40. The highest BCUT2D eigenvalue weighted by Gasteiger charge is 2.38. The predicted octanol–water partition coefficient (Wildman–Crippen LogP) is 3.30. The van der Waals surface area contributed by atoms with E-state index in [9.17, 15) is 27.2 Å². The Labute approximate surface area is 223 Å². The monoisotopic (exact) mass is 561 g/mol. The number of anilines is 2. The van der Waals surface area contributed by atoms with Crippen LogP contribution in [0.5, 0.6) is 0 Å². The van der Waals surface area contributed by atoms with Crippen molar-refractivity contribution in [2.45, 2.75) is 32.1 Å². The molecule has 1 aliphatic heterocycles. The molecule has 15 heteroatoms.